The van der Waals surface area contributed by atoms with Crippen LogP contribution in [0, 0.1) is 5.82 Å². The van der Waals surface area contributed by atoms with Crippen molar-refractivity contribution in [1.82, 2.24) is 14.9 Å². The predicted molar refractivity (Wildman–Crippen MR) is 128 cm³/mol. The second kappa shape index (κ2) is 10.9. The molecule has 0 bridgehead atoms. The third-order valence-electron chi connectivity index (χ3n) is 6.00. The third-order valence-corrected chi connectivity index (χ3v) is 6.29. The summed E-state index contributed by atoms with van der Waals surface area (Å²) in [4.78, 5) is 23.8. The molecule has 1 saturated heterocycles. The molecule has 1 aromatic heterocycles. The van der Waals surface area contributed by atoms with E-state index in [2.05, 4.69) is 20.2 Å². The number of carbonyl (C=O) groups excluding carboxylic acids is 1. The standard InChI is InChI=1S/C25H28ClFN4O2/c1-33-24-15-22-18(21(28-16-29-22)13-17-7-8-20(27)19(26)12-17)14-23(24)30-25(32)6-5-11-31-9-3-2-4-10-31/h7-8,12,14-16H,2-6,9-11,13H2,1H3,(H,30,32). The number of ether oxygens (including phenoxy) is 1. The monoisotopic (exact) mass is 470 g/mol. The minimum atomic E-state index is -0.456. The van der Waals surface area contributed by atoms with E-state index in [-0.39, 0.29) is 10.9 Å². The van der Waals surface area contributed by atoms with Crippen LogP contribution in [0.1, 0.15) is 43.4 Å². The molecule has 174 valence electrons. The lowest BCUT2D eigenvalue weighted by Gasteiger charge is -2.26. The summed E-state index contributed by atoms with van der Waals surface area (Å²) in [6, 6.07) is 8.27. The summed E-state index contributed by atoms with van der Waals surface area (Å²) in [7, 11) is 1.57. The first kappa shape index (κ1) is 23.4. The summed E-state index contributed by atoms with van der Waals surface area (Å²) < 4.78 is 19.0. The molecule has 1 aliphatic rings. The molecule has 33 heavy (non-hydrogen) atoms. The van der Waals surface area contributed by atoms with Crippen LogP contribution in [-0.4, -0.2) is 47.5 Å². The van der Waals surface area contributed by atoms with Crippen molar-refractivity contribution in [3.8, 4) is 5.75 Å². The Kier molecular flexibility index (Phi) is 7.73. The molecule has 0 saturated carbocycles. The average molecular weight is 471 g/mol. The van der Waals surface area contributed by atoms with Gasteiger partial charge in [0.25, 0.3) is 0 Å². The normalized spacial score (nSPS) is 14.4. The zero-order valence-corrected chi connectivity index (χ0v) is 19.5. The number of aromatic nitrogens is 2. The molecule has 3 aromatic rings. The summed E-state index contributed by atoms with van der Waals surface area (Å²) in [6.07, 6.45) is 7.00. The van der Waals surface area contributed by atoms with E-state index in [1.807, 2.05) is 6.07 Å². The summed E-state index contributed by atoms with van der Waals surface area (Å²) in [6.45, 7) is 3.20. The van der Waals surface area contributed by atoms with Crippen LogP contribution in [0.4, 0.5) is 10.1 Å². The van der Waals surface area contributed by atoms with Crippen LogP contribution in [0.3, 0.4) is 0 Å². The molecule has 1 amide bonds. The molecule has 1 aliphatic heterocycles. The molecule has 0 spiro atoms. The van der Waals surface area contributed by atoms with Gasteiger partial charge in [-0.05, 0) is 62.7 Å². The molecule has 0 atom stereocenters. The summed E-state index contributed by atoms with van der Waals surface area (Å²) >= 11 is 5.94. The van der Waals surface area contributed by atoms with E-state index >= 15 is 0 Å². The number of piperidine rings is 1. The Labute approximate surface area is 198 Å². The van der Waals surface area contributed by atoms with Crippen molar-refractivity contribution >= 4 is 34.1 Å². The van der Waals surface area contributed by atoms with Crippen LogP contribution in [0.15, 0.2) is 36.7 Å². The van der Waals surface area contributed by atoms with Crippen molar-refractivity contribution in [2.45, 2.75) is 38.5 Å². The molecule has 8 heteroatoms. The van der Waals surface area contributed by atoms with Crippen molar-refractivity contribution in [2.75, 3.05) is 32.1 Å². The number of hydrogen-bond acceptors (Lipinski definition) is 5. The number of anilines is 1. The fourth-order valence-corrected chi connectivity index (χ4v) is 4.45. The average Bonchev–Trinajstić information content (AvgIpc) is 2.82. The highest BCUT2D eigenvalue weighted by atomic mass is 35.5. The molecule has 2 heterocycles. The number of halogens is 2. The zero-order valence-electron chi connectivity index (χ0n) is 18.7. The van der Waals surface area contributed by atoms with Gasteiger partial charge in [0, 0.05) is 24.3 Å². The molecule has 0 unspecified atom stereocenters. The predicted octanol–water partition coefficient (Wildman–Crippen LogP) is 5.23. The minimum absolute atomic E-state index is 0.0478. The van der Waals surface area contributed by atoms with Crippen LogP contribution in [0.2, 0.25) is 5.02 Å². The van der Waals surface area contributed by atoms with Gasteiger partial charge in [-0.3, -0.25) is 4.79 Å². The fourth-order valence-electron chi connectivity index (χ4n) is 4.25. The van der Waals surface area contributed by atoms with Gasteiger partial charge in [-0.15, -0.1) is 0 Å². The van der Waals surface area contributed by atoms with Gasteiger partial charge in [-0.2, -0.15) is 0 Å². The number of carbonyl (C=O) groups is 1. The molecule has 2 aromatic carbocycles. The van der Waals surface area contributed by atoms with Crippen LogP contribution in [-0.2, 0) is 11.2 Å². The smallest absolute Gasteiger partial charge is 0.224 e. The zero-order chi connectivity index (χ0) is 23.2. The number of benzene rings is 2. The SMILES string of the molecule is COc1cc2ncnc(Cc3ccc(F)c(Cl)c3)c2cc1NC(=O)CCCN1CCCCC1. The number of hydrogen-bond donors (Lipinski definition) is 1. The maximum Gasteiger partial charge on any atom is 0.224 e. The number of nitrogens with zero attached hydrogens (tertiary/aromatic N) is 3. The molecule has 0 aliphatic carbocycles. The van der Waals surface area contributed by atoms with E-state index in [1.54, 1.807) is 25.3 Å². The number of methoxy groups -OCH3 is 1. The van der Waals surface area contributed by atoms with Gasteiger partial charge in [0.05, 0.1) is 29.0 Å². The summed E-state index contributed by atoms with van der Waals surface area (Å²) in [5.41, 5.74) is 2.88. The van der Waals surface area contributed by atoms with Gasteiger partial charge in [-0.25, -0.2) is 14.4 Å². The van der Waals surface area contributed by atoms with Gasteiger partial charge in [0.15, 0.2) is 0 Å². The second-order valence-corrected chi connectivity index (χ2v) is 8.78. The molecule has 0 radical (unpaired) electrons. The number of fused-ring (bicyclic) bond motifs is 1. The van der Waals surface area contributed by atoms with Crippen molar-refractivity contribution in [3.63, 3.8) is 0 Å². The Hall–Kier alpha value is -2.77. The maximum absolute atomic E-state index is 13.5. The first-order chi connectivity index (χ1) is 16.0. The number of rotatable bonds is 8. The van der Waals surface area contributed by atoms with E-state index < -0.39 is 5.82 Å². The molecular formula is C25H28ClFN4O2. The van der Waals surface area contributed by atoms with Crippen molar-refractivity contribution < 1.29 is 13.9 Å². The van der Waals surface area contributed by atoms with Crippen LogP contribution in [0.5, 0.6) is 5.75 Å². The molecule has 1 N–H and O–H groups in total. The molecular weight excluding hydrogens is 443 g/mol. The lowest BCUT2D eigenvalue weighted by Crippen LogP contribution is -2.31. The van der Waals surface area contributed by atoms with E-state index in [0.29, 0.717) is 29.8 Å². The first-order valence-corrected chi connectivity index (χ1v) is 11.7. The van der Waals surface area contributed by atoms with Crippen molar-refractivity contribution in [3.05, 3.63) is 58.8 Å². The van der Waals surface area contributed by atoms with Gasteiger partial charge in [-0.1, -0.05) is 24.1 Å². The molecule has 6 nitrogen and oxygen atoms in total. The number of nitrogens with one attached hydrogen (secondary N) is 1. The van der Waals surface area contributed by atoms with Gasteiger partial charge in [0.2, 0.25) is 5.91 Å². The fraction of sp³-hybridized carbons (Fsp3) is 0.400. The number of likely N-dealkylation sites (tertiary alicyclic amines) is 1. The molecule has 4 rings (SSSR count). The Morgan fingerprint density at radius 2 is 2.00 bits per heavy atom. The Bertz CT molecular complexity index is 1130. The Balaban J connectivity index is 1.50. The minimum Gasteiger partial charge on any atom is -0.494 e. The van der Waals surface area contributed by atoms with E-state index in [1.165, 1.54) is 31.7 Å². The lowest BCUT2D eigenvalue weighted by molar-refractivity contribution is -0.116. The van der Waals surface area contributed by atoms with Crippen molar-refractivity contribution in [2.24, 2.45) is 0 Å². The van der Waals surface area contributed by atoms with Crippen LogP contribution in [0.25, 0.3) is 10.9 Å². The third kappa shape index (κ3) is 5.97. The van der Waals surface area contributed by atoms with E-state index in [4.69, 9.17) is 16.3 Å². The van der Waals surface area contributed by atoms with Crippen LogP contribution < -0.4 is 10.1 Å². The summed E-state index contributed by atoms with van der Waals surface area (Å²) in [5.74, 6) is 0.0396. The van der Waals surface area contributed by atoms with Gasteiger partial charge >= 0.3 is 0 Å². The Morgan fingerprint density at radius 1 is 1.18 bits per heavy atom. The highest BCUT2D eigenvalue weighted by Gasteiger charge is 2.15. The van der Waals surface area contributed by atoms with Crippen LogP contribution >= 0.6 is 11.6 Å². The Morgan fingerprint density at radius 3 is 2.76 bits per heavy atom. The number of amides is 1. The second-order valence-electron chi connectivity index (χ2n) is 8.37. The van der Waals surface area contributed by atoms with Gasteiger partial charge < -0.3 is 15.0 Å². The highest BCUT2D eigenvalue weighted by molar-refractivity contribution is 6.30. The highest BCUT2D eigenvalue weighted by Crippen LogP contribution is 2.31. The summed E-state index contributed by atoms with van der Waals surface area (Å²) in [5, 5.41) is 3.86. The van der Waals surface area contributed by atoms with E-state index in [9.17, 15) is 9.18 Å². The first-order valence-electron chi connectivity index (χ1n) is 11.3. The van der Waals surface area contributed by atoms with Crippen molar-refractivity contribution in [1.29, 1.82) is 0 Å². The molecule has 1 fully saturated rings. The maximum atomic E-state index is 13.5. The lowest BCUT2D eigenvalue weighted by atomic mass is 10.0. The quantitative estimate of drug-likeness (QED) is 0.488. The topological polar surface area (TPSA) is 67.4 Å². The largest absolute Gasteiger partial charge is 0.494 e. The van der Waals surface area contributed by atoms with E-state index in [0.717, 1.165) is 42.7 Å². The van der Waals surface area contributed by atoms with Gasteiger partial charge in [0.1, 0.15) is 17.9 Å².